The number of ether oxygens (including phenoxy) is 1. The quantitative estimate of drug-likeness (QED) is 0.714. The average molecular weight is 281 g/mol. The molecule has 0 aliphatic carbocycles. The Labute approximate surface area is 119 Å². The van der Waals surface area contributed by atoms with Gasteiger partial charge in [0.15, 0.2) is 1.41 Å². The summed E-state index contributed by atoms with van der Waals surface area (Å²) in [4.78, 5) is 22.8. The van der Waals surface area contributed by atoms with Gasteiger partial charge in [-0.3, -0.25) is 0 Å². The molecule has 1 aromatic carbocycles. The zero-order valence-corrected chi connectivity index (χ0v) is 11.8. The molecule has 1 rings (SSSR count). The number of aliphatic carboxylic acids is 1. The number of nitrogens with two attached hydrogens (primary N) is 1. The molecule has 1 amide bonds. The molecule has 0 spiro atoms. The van der Waals surface area contributed by atoms with E-state index in [1.807, 2.05) is 0 Å². The Balaban J connectivity index is 2.69. The number of nitrogens with one attached hydrogen (secondary N) is 1. The van der Waals surface area contributed by atoms with Crippen LogP contribution in [0.1, 0.15) is 26.3 Å². The summed E-state index contributed by atoms with van der Waals surface area (Å²) in [6.45, 7) is 5.11. The summed E-state index contributed by atoms with van der Waals surface area (Å²) in [6.07, 6.45) is -0.633. The van der Waals surface area contributed by atoms with Crippen LogP contribution < -0.4 is 11.0 Å². The van der Waals surface area contributed by atoms with Crippen molar-refractivity contribution in [2.45, 2.75) is 38.8 Å². The van der Waals surface area contributed by atoms with E-state index < -0.39 is 23.7 Å². The zero-order valence-electron chi connectivity index (χ0n) is 12.8. The van der Waals surface area contributed by atoms with Crippen LogP contribution in [-0.2, 0) is 16.0 Å². The fourth-order valence-electron chi connectivity index (χ4n) is 1.53. The van der Waals surface area contributed by atoms with E-state index in [0.717, 1.165) is 5.56 Å². The Kier molecular flexibility index (Phi) is 4.45. The molecular weight excluding hydrogens is 260 g/mol. The van der Waals surface area contributed by atoms with Crippen molar-refractivity contribution >= 4 is 17.7 Å². The van der Waals surface area contributed by atoms with Gasteiger partial charge in [0.05, 0.1) is 0 Å². The molecule has 0 bridgehead atoms. The Morgan fingerprint density at radius 2 is 2.00 bits per heavy atom. The third-order valence-corrected chi connectivity index (χ3v) is 2.38. The second-order valence-corrected chi connectivity index (χ2v) is 5.44. The monoisotopic (exact) mass is 281 g/mol. The molecule has 110 valence electrons. The van der Waals surface area contributed by atoms with Gasteiger partial charge in [-0.1, -0.05) is 12.1 Å². The molecule has 1 aromatic rings. The second kappa shape index (κ2) is 6.27. The van der Waals surface area contributed by atoms with Crippen LogP contribution in [0.15, 0.2) is 24.3 Å². The highest BCUT2D eigenvalue weighted by Gasteiger charge is 2.24. The van der Waals surface area contributed by atoms with Crippen molar-refractivity contribution in [3.05, 3.63) is 29.8 Å². The highest BCUT2D eigenvalue weighted by molar-refractivity contribution is 5.80. The number of hydrogen-bond donors (Lipinski definition) is 3. The van der Waals surface area contributed by atoms with Crippen LogP contribution in [-0.4, -0.2) is 28.8 Å². The second-order valence-electron chi connectivity index (χ2n) is 5.44. The number of hydrogen-bond acceptors (Lipinski definition) is 4. The van der Waals surface area contributed by atoms with Gasteiger partial charge in [0.1, 0.15) is 11.6 Å². The number of carbonyl (C=O) groups is 2. The van der Waals surface area contributed by atoms with E-state index in [2.05, 4.69) is 11.0 Å². The first-order valence-corrected chi connectivity index (χ1v) is 6.20. The van der Waals surface area contributed by atoms with E-state index in [1.165, 1.54) is 0 Å². The van der Waals surface area contributed by atoms with Crippen molar-refractivity contribution in [3.63, 3.8) is 0 Å². The van der Waals surface area contributed by atoms with Gasteiger partial charge in [-0.25, -0.2) is 9.59 Å². The lowest BCUT2D eigenvalue weighted by Gasteiger charge is -2.22. The van der Waals surface area contributed by atoms with Gasteiger partial charge >= 0.3 is 12.1 Å². The van der Waals surface area contributed by atoms with E-state index in [1.54, 1.807) is 45.0 Å². The molecule has 0 fully saturated rings. The first-order valence-electron chi connectivity index (χ1n) is 6.70. The molecule has 6 nitrogen and oxygen atoms in total. The number of carboxylic acid groups (broad SMARTS) is 1. The smallest absolute Gasteiger partial charge is 0.408 e. The summed E-state index contributed by atoms with van der Waals surface area (Å²) in [6, 6.07) is 5.64. The van der Waals surface area contributed by atoms with E-state index >= 15 is 0 Å². The zero-order chi connectivity index (χ0) is 16.0. The number of nitrogen functional groups attached to an aromatic ring is 1. The number of amides is 1. The maximum Gasteiger partial charge on any atom is 0.408 e. The SMILES string of the molecule is [2H]Nc1ccc(C[C@H](NC(=O)OC(C)(C)C)C(=O)O)cc1. The molecule has 0 radical (unpaired) electrons. The third kappa shape index (κ3) is 5.60. The van der Waals surface area contributed by atoms with Crippen LogP contribution >= 0.6 is 0 Å². The predicted molar refractivity (Wildman–Crippen MR) is 75.4 cm³/mol. The molecule has 4 N–H and O–H groups in total. The number of carbonyl (C=O) groups excluding carboxylic acids is 1. The topological polar surface area (TPSA) is 102 Å². The number of alkyl carbamates (subject to hydrolysis) is 1. The normalized spacial score (nSPS) is 13.1. The minimum Gasteiger partial charge on any atom is -0.480 e. The van der Waals surface area contributed by atoms with Gasteiger partial charge in [0.25, 0.3) is 0 Å². The van der Waals surface area contributed by atoms with Crippen molar-refractivity contribution in [2.24, 2.45) is 0 Å². The minimum atomic E-state index is -1.14. The van der Waals surface area contributed by atoms with E-state index in [0.29, 0.717) is 5.69 Å². The van der Waals surface area contributed by atoms with Gasteiger partial charge in [-0.2, -0.15) is 0 Å². The molecule has 20 heavy (non-hydrogen) atoms. The van der Waals surface area contributed by atoms with E-state index in [-0.39, 0.29) is 6.42 Å². The van der Waals surface area contributed by atoms with Crippen molar-refractivity contribution in [3.8, 4) is 0 Å². The summed E-state index contributed by atoms with van der Waals surface area (Å²) in [5.74, 6) is -1.14. The highest BCUT2D eigenvalue weighted by atomic mass is 16.6. The van der Waals surface area contributed by atoms with Gasteiger partial charge < -0.3 is 20.9 Å². The molecule has 0 saturated carbocycles. The highest BCUT2D eigenvalue weighted by Crippen LogP contribution is 2.10. The fourth-order valence-corrected chi connectivity index (χ4v) is 1.53. The molecule has 0 aliphatic heterocycles. The number of anilines is 1. The lowest BCUT2D eigenvalue weighted by molar-refractivity contribution is -0.139. The van der Waals surface area contributed by atoms with Crippen LogP contribution in [0.2, 0.25) is 1.41 Å². The summed E-state index contributed by atoms with van der Waals surface area (Å²) >= 11 is 0. The van der Waals surface area contributed by atoms with E-state index in [9.17, 15) is 9.59 Å². The molecule has 0 unspecified atom stereocenters. The summed E-state index contributed by atoms with van der Waals surface area (Å²) in [7, 11) is 0. The molecule has 0 aliphatic rings. The summed E-state index contributed by atoms with van der Waals surface area (Å²) < 4.78 is 12.0. The van der Waals surface area contributed by atoms with Gasteiger partial charge in [-0.15, -0.1) is 0 Å². The van der Waals surface area contributed by atoms with Gasteiger partial charge in [-0.05, 0) is 38.5 Å². The van der Waals surface area contributed by atoms with Crippen LogP contribution in [0.25, 0.3) is 0 Å². The molecular formula is C14H20N2O4. The number of benzene rings is 1. The van der Waals surface area contributed by atoms with Crippen molar-refractivity contribution in [2.75, 3.05) is 5.73 Å². The van der Waals surface area contributed by atoms with Crippen molar-refractivity contribution < 1.29 is 20.8 Å². The molecule has 0 heterocycles. The van der Waals surface area contributed by atoms with Crippen LogP contribution in [0, 0.1) is 0 Å². The van der Waals surface area contributed by atoms with Crippen molar-refractivity contribution in [1.82, 2.24) is 5.32 Å². The summed E-state index contributed by atoms with van der Waals surface area (Å²) in [5.41, 5.74) is 2.88. The standard InChI is InChI=1S/C14H20N2O4/c1-14(2,3)20-13(19)16-11(12(17)18)8-9-4-6-10(15)7-5-9/h4-7,11H,8,15H2,1-3H3,(H,16,19)(H,17,18)/t11-/m0/s1/i/hD. The van der Waals surface area contributed by atoms with Crippen LogP contribution in [0.3, 0.4) is 0 Å². The first kappa shape index (κ1) is 14.2. The van der Waals surface area contributed by atoms with Gasteiger partial charge in [0, 0.05) is 12.1 Å². The molecule has 0 aromatic heterocycles. The lowest BCUT2D eigenvalue weighted by atomic mass is 10.1. The minimum absolute atomic E-state index is 0.132. The number of rotatable bonds is 5. The van der Waals surface area contributed by atoms with Crippen molar-refractivity contribution in [1.29, 1.82) is 0 Å². The first-order chi connectivity index (χ1) is 9.71. The van der Waals surface area contributed by atoms with Gasteiger partial charge in [0.2, 0.25) is 0 Å². The summed E-state index contributed by atoms with van der Waals surface area (Å²) in [5, 5.41) is 11.5. The molecule has 6 heteroatoms. The Hall–Kier alpha value is -2.24. The van der Waals surface area contributed by atoms with Crippen LogP contribution in [0.4, 0.5) is 10.5 Å². The Bertz CT molecular complexity index is 497. The number of carboxylic acids is 1. The molecule has 0 saturated heterocycles. The third-order valence-electron chi connectivity index (χ3n) is 2.38. The fraction of sp³-hybridized carbons (Fsp3) is 0.429. The van der Waals surface area contributed by atoms with E-state index in [4.69, 9.17) is 11.3 Å². The predicted octanol–water partition coefficient (Wildman–Crippen LogP) is 1.79. The maximum atomic E-state index is 11.6. The van der Waals surface area contributed by atoms with Crippen LogP contribution in [0.5, 0.6) is 0 Å². The Morgan fingerprint density at radius 1 is 1.40 bits per heavy atom. The maximum absolute atomic E-state index is 11.6. The largest absolute Gasteiger partial charge is 0.480 e. The Morgan fingerprint density at radius 3 is 2.45 bits per heavy atom. The lowest BCUT2D eigenvalue weighted by Crippen LogP contribution is -2.44. The molecule has 1 atom stereocenters. The average Bonchev–Trinajstić information content (AvgIpc) is 2.36.